The van der Waals surface area contributed by atoms with Gasteiger partial charge < -0.3 is 0 Å². The van der Waals surface area contributed by atoms with Gasteiger partial charge in [0, 0.05) is 5.56 Å². The van der Waals surface area contributed by atoms with E-state index in [0.717, 1.165) is 0 Å². The first-order valence-corrected chi connectivity index (χ1v) is 6.92. The third-order valence-electron chi connectivity index (χ3n) is 2.45. The van der Waals surface area contributed by atoms with Crippen molar-refractivity contribution in [2.75, 3.05) is 0 Å². The van der Waals surface area contributed by atoms with Crippen LogP contribution in [0.15, 0.2) is 35.5 Å². The van der Waals surface area contributed by atoms with Gasteiger partial charge in [-0.1, -0.05) is 12.1 Å². The van der Waals surface area contributed by atoms with Gasteiger partial charge in [0.2, 0.25) is 10.0 Å². The second-order valence-electron chi connectivity index (χ2n) is 3.84. The van der Waals surface area contributed by atoms with Crippen molar-refractivity contribution in [2.45, 2.75) is 18.4 Å². The molecule has 0 aliphatic rings. The molecule has 0 atom stereocenters. The van der Waals surface area contributed by atoms with Gasteiger partial charge in [-0.3, -0.25) is 9.89 Å². The number of aromatic amines is 1. The second-order valence-corrected chi connectivity index (χ2v) is 5.61. The van der Waals surface area contributed by atoms with Gasteiger partial charge in [0.15, 0.2) is 5.78 Å². The van der Waals surface area contributed by atoms with E-state index in [1.807, 2.05) is 0 Å². The lowest BCUT2D eigenvalue weighted by atomic mass is 10.2. The number of carbonyl (C=O) groups is 1. The summed E-state index contributed by atoms with van der Waals surface area (Å²) in [4.78, 5) is 15.1. The molecule has 2 aromatic rings. The Hall–Kier alpha value is -2.06. The van der Waals surface area contributed by atoms with Crippen molar-refractivity contribution < 1.29 is 13.2 Å². The number of rotatable bonds is 5. The van der Waals surface area contributed by atoms with Crippen LogP contribution in [0.5, 0.6) is 0 Å². The molecule has 2 N–H and O–H groups in total. The predicted molar refractivity (Wildman–Crippen MR) is 66.9 cm³/mol. The van der Waals surface area contributed by atoms with Crippen molar-refractivity contribution in [3.8, 4) is 0 Å². The number of aromatic nitrogens is 3. The number of sulfonamides is 1. The Labute approximate surface area is 110 Å². The molecule has 100 valence electrons. The van der Waals surface area contributed by atoms with Crippen molar-refractivity contribution in [1.29, 1.82) is 0 Å². The fourth-order valence-corrected chi connectivity index (χ4v) is 2.48. The van der Waals surface area contributed by atoms with Gasteiger partial charge in [-0.25, -0.2) is 18.1 Å². The van der Waals surface area contributed by atoms with Crippen molar-refractivity contribution in [3.05, 3.63) is 42.0 Å². The molecule has 0 aliphatic heterocycles. The Morgan fingerprint density at radius 2 is 2.21 bits per heavy atom. The Morgan fingerprint density at radius 1 is 1.42 bits per heavy atom. The highest BCUT2D eigenvalue weighted by Crippen LogP contribution is 2.12. The van der Waals surface area contributed by atoms with E-state index in [0.29, 0.717) is 11.4 Å². The highest BCUT2D eigenvalue weighted by atomic mass is 32.2. The zero-order valence-corrected chi connectivity index (χ0v) is 10.9. The van der Waals surface area contributed by atoms with Crippen LogP contribution in [0.25, 0.3) is 0 Å². The minimum absolute atomic E-state index is 0.00658. The summed E-state index contributed by atoms with van der Waals surface area (Å²) in [5, 5.41) is 6.17. The average Bonchev–Trinajstić information content (AvgIpc) is 2.90. The molecular formula is C11H12N4O3S. The van der Waals surface area contributed by atoms with E-state index >= 15 is 0 Å². The summed E-state index contributed by atoms with van der Waals surface area (Å²) in [7, 11) is -3.68. The number of nitrogens with one attached hydrogen (secondary N) is 2. The van der Waals surface area contributed by atoms with Gasteiger partial charge in [0.05, 0.1) is 11.4 Å². The lowest BCUT2D eigenvalue weighted by Gasteiger charge is -2.06. The highest BCUT2D eigenvalue weighted by Gasteiger charge is 2.15. The van der Waals surface area contributed by atoms with Crippen LogP contribution in [0.1, 0.15) is 23.1 Å². The molecule has 0 saturated carbocycles. The normalized spacial score (nSPS) is 11.4. The number of Topliss-reactive ketones (excluding diaryl/α,β-unsaturated/α-hetero) is 1. The van der Waals surface area contributed by atoms with Gasteiger partial charge in [0.1, 0.15) is 12.2 Å². The van der Waals surface area contributed by atoms with E-state index in [-0.39, 0.29) is 17.2 Å². The lowest BCUT2D eigenvalue weighted by Crippen LogP contribution is -2.24. The maximum absolute atomic E-state index is 12.0. The number of H-pyrrole nitrogens is 1. The Bertz CT molecular complexity index is 680. The third-order valence-corrected chi connectivity index (χ3v) is 3.84. The summed E-state index contributed by atoms with van der Waals surface area (Å²) in [6, 6.07) is 5.86. The number of carbonyl (C=O) groups excluding carboxylic acids is 1. The van der Waals surface area contributed by atoms with Crippen LogP contribution in [0.2, 0.25) is 0 Å². The zero-order valence-electron chi connectivity index (χ0n) is 10.1. The average molecular weight is 280 g/mol. The quantitative estimate of drug-likeness (QED) is 0.775. The summed E-state index contributed by atoms with van der Waals surface area (Å²) < 4.78 is 26.4. The van der Waals surface area contributed by atoms with Crippen LogP contribution < -0.4 is 4.72 Å². The molecule has 1 aromatic carbocycles. The fraction of sp³-hybridized carbons (Fsp3) is 0.182. The molecule has 0 aliphatic carbocycles. The third kappa shape index (κ3) is 3.24. The van der Waals surface area contributed by atoms with Crippen LogP contribution in [0.4, 0.5) is 0 Å². The van der Waals surface area contributed by atoms with E-state index in [1.165, 1.54) is 31.5 Å². The Kier molecular flexibility index (Phi) is 3.72. The van der Waals surface area contributed by atoms with Gasteiger partial charge >= 0.3 is 0 Å². The zero-order chi connectivity index (χ0) is 13.9. The monoisotopic (exact) mass is 280 g/mol. The maximum Gasteiger partial charge on any atom is 0.240 e. The molecule has 0 spiro atoms. The SMILES string of the molecule is CC(=O)c1cccc(S(=O)(=O)NCc2ncn[nH]2)c1. The molecule has 0 amide bonds. The number of ketones is 1. The molecule has 0 unspecified atom stereocenters. The molecule has 0 saturated heterocycles. The first-order chi connectivity index (χ1) is 8.99. The van der Waals surface area contributed by atoms with Crippen molar-refractivity contribution in [1.82, 2.24) is 19.9 Å². The van der Waals surface area contributed by atoms with Crippen LogP contribution in [-0.2, 0) is 16.6 Å². The van der Waals surface area contributed by atoms with Crippen molar-refractivity contribution >= 4 is 15.8 Å². The molecule has 1 heterocycles. The van der Waals surface area contributed by atoms with E-state index in [2.05, 4.69) is 19.9 Å². The van der Waals surface area contributed by atoms with Gasteiger partial charge in [-0.05, 0) is 19.1 Å². The molecule has 0 radical (unpaired) electrons. The van der Waals surface area contributed by atoms with E-state index < -0.39 is 10.0 Å². The predicted octanol–water partition coefficient (Wildman–Crippen LogP) is 0.486. The number of hydrogen-bond donors (Lipinski definition) is 2. The molecule has 1 aromatic heterocycles. The summed E-state index contributed by atoms with van der Waals surface area (Å²) in [5.41, 5.74) is 0.350. The van der Waals surface area contributed by atoms with E-state index in [1.54, 1.807) is 6.07 Å². The Balaban J connectivity index is 2.19. The minimum atomic E-state index is -3.68. The molecule has 2 rings (SSSR count). The van der Waals surface area contributed by atoms with Gasteiger partial charge in [0.25, 0.3) is 0 Å². The molecule has 19 heavy (non-hydrogen) atoms. The van der Waals surface area contributed by atoms with Crippen molar-refractivity contribution in [2.24, 2.45) is 0 Å². The summed E-state index contributed by atoms with van der Waals surface area (Å²) in [5.74, 6) is 0.221. The van der Waals surface area contributed by atoms with Gasteiger partial charge in [-0.15, -0.1) is 0 Å². The summed E-state index contributed by atoms with van der Waals surface area (Å²) in [6.45, 7) is 1.39. The smallest absolute Gasteiger partial charge is 0.240 e. The van der Waals surface area contributed by atoms with Crippen LogP contribution >= 0.6 is 0 Å². The standard InChI is InChI=1S/C11H12N4O3S/c1-8(16)9-3-2-4-10(5-9)19(17,18)14-6-11-12-7-13-15-11/h2-5,7,14H,6H2,1H3,(H,12,13,15). The van der Waals surface area contributed by atoms with Crippen LogP contribution in [-0.4, -0.2) is 29.4 Å². The van der Waals surface area contributed by atoms with Crippen molar-refractivity contribution in [3.63, 3.8) is 0 Å². The summed E-state index contributed by atoms with van der Waals surface area (Å²) >= 11 is 0. The van der Waals surface area contributed by atoms with Crippen LogP contribution in [0.3, 0.4) is 0 Å². The molecule has 0 fully saturated rings. The fourth-order valence-electron chi connectivity index (χ4n) is 1.44. The lowest BCUT2D eigenvalue weighted by molar-refractivity contribution is 0.101. The molecular weight excluding hydrogens is 268 g/mol. The number of benzene rings is 1. The Morgan fingerprint density at radius 3 is 2.84 bits per heavy atom. The second kappa shape index (κ2) is 5.29. The van der Waals surface area contributed by atoms with Gasteiger partial charge in [-0.2, -0.15) is 5.10 Å². The minimum Gasteiger partial charge on any atom is -0.295 e. The van der Waals surface area contributed by atoms with Crippen LogP contribution in [0, 0.1) is 0 Å². The molecule has 7 nitrogen and oxygen atoms in total. The number of nitrogens with zero attached hydrogens (tertiary/aromatic N) is 2. The number of hydrogen-bond acceptors (Lipinski definition) is 5. The van der Waals surface area contributed by atoms with E-state index in [9.17, 15) is 13.2 Å². The summed E-state index contributed by atoms with van der Waals surface area (Å²) in [6.07, 6.45) is 1.29. The first-order valence-electron chi connectivity index (χ1n) is 5.44. The molecule has 0 bridgehead atoms. The highest BCUT2D eigenvalue weighted by molar-refractivity contribution is 7.89. The topological polar surface area (TPSA) is 105 Å². The molecule has 8 heteroatoms. The first kappa shape index (κ1) is 13.4. The maximum atomic E-state index is 12.0. The van der Waals surface area contributed by atoms with E-state index in [4.69, 9.17) is 0 Å². The largest absolute Gasteiger partial charge is 0.295 e.